The molecule has 0 aliphatic heterocycles. The molecule has 0 fully saturated rings. The minimum Gasteiger partial charge on any atom is -0.477 e. The number of carboxylic acid groups (broad SMARTS) is 1. The van der Waals surface area contributed by atoms with E-state index in [9.17, 15) is 9.00 Å². The highest BCUT2D eigenvalue weighted by Gasteiger charge is 2.16. The lowest BCUT2D eigenvalue weighted by molar-refractivity contribution is 0.0683. The minimum absolute atomic E-state index is 0.0255. The second-order valence-electron chi connectivity index (χ2n) is 3.67. The molecule has 1 N–H and O–H groups in total. The van der Waals surface area contributed by atoms with Crippen LogP contribution in [-0.4, -0.2) is 31.9 Å². The molecule has 1 aromatic heterocycles. The molecule has 1 aromatic rings. The Morgan fingerprint density at radius 3 is 2.81 bits per heavy atom. The Hall–Kier alpha value is -0.810. The monoisotopic (exact) mass is 263 g/mol. The molecule has 6 heteroatoms. The molecular weight excluding hydrogens is 250 g/mol. The predicted molar refractivity (Wildman–Crippen MR) is 64.7 cm³/mol. The van der Waals surface area contributed by atoms with Crippen LogP contribution in [0.2, 0.25) is 5.02 Å². The number of halogens is 1. The number of carboxylic acids is 1. The normalized spacial score (nSPS) is 14.7. The molecule has 1 heterocycles. The summed E-state index contributed by atoms with van der Waals surface area (Å²) in [4.78, 5) is 10.9. The van der Waals surface area contributed by atoms with Gasteiger partial charge in [-0.3, -0.25) is 4.21 Å². The van der Waals surface area contributed by atoms with Gasteiger partial charge in [0.2, 0.25) is 0 Å². The first-order valence-electron chi connectivity index (χ1n) is 4.82. The maximum absolute atomic E-state index is 11.0. The molecule has 2 atom stereocenters. The Morgan fingerprint density at radius 2 is 2.31 bits per heavy atom. The summed E-state index contributed by atoms with van der Waals surface area (Å²) in [7, 11) is -0.864. The van der Waals surface area contributed by atoms with Gasteiger partial charge in [0.25, 0.3) is 0 Å². The quantitative estimate of drug-likeness (QED) is 0.886. The first kappa shape index (κ1) is 13.3. The van der Waals surface area contributed by atoms with Gasteiger partial charge < -0.3 is 9.67 Å². The van der Waals surface area contributed by atoms with Crippen molar-refractivity contribution < 1.29 is 14.1 Å². The summed E-state index contributed by atoms with van der Waals surface area (Å²) in [5, 5.41) is 9.37. The standard InChI is InChI=1S/C10H14ClNO3S/c1-7(3-4-16(2)15)12-6-8(11)5-9(12)10(13)14/h5-7H,3-4H2,1-2H3,(H,13,14). The molecule has 16 heavy (non-hydrogen) atoms. The van der Waals surface area contributed by atoms with E-state index in [4.69, 9.17) is 16.7 Å². The Morgan fingerprint density at radius 1 is 1.69 bits per heavy atom. The van der Waals surface area contributed by atoms with Crippen LogP contribution in [0.25, 0.3) is 0 Å². The third kappa shape index (κ3) is 3.35. The molecule has 2 unspecified atom stereocenters. The number of carbonyl (C=O) groups is 1. The van der Waals surface area contributed by atoms with E-state index in [0.29, 0.717) is 17.2 Å². The van der Waals surface area contributed by atoms with E-state index >= 15 is 0 Å². The number of rotatable bonds is 5. The van der Waals surface area contributed by atoms with Crippen LogP contribution in [0, 0.1) is 0 Å². The highest BCUT2D eigenvalue weighted by Crippen LogP contribution is 2.21. The zero-order valence-corrected chi connectivity index (χ0v) is 10.7. The maximum Gasteiger partial charge on any atom is 0.352 e. The van der Waals surface area contributed by atoms with E-state index in [0.717, 1.165) is 0 Å². The third-order valence-electron chi connectivity index (χ3n) is 2.33. The van der Waals surface area contributed by atoms with E-state index in [2.05, 4.69) is 0 Å². The second kappa shape index (κ2) is 5.50. The molecule has 90 valence electrons. The van der Waals surface area contributed by atoms with Crippen molar-refractivity contribution in [3.05, 3.63) is 23.0 Å². The van der Waals surface area contributed by atoms with Crippen molar-refractivity contribution in [2.24, 2.45) is 0 Å². The Bertz CT molecular complexity index is 416. The van der Waals surface area contributed by atoms with E-state index in [1.165, 1.54) is 6.07 Å². The van der Waals surface area contributed by atoms with Gasteiger partial charge in [-0.1, -0.05) is 11.6 Å². The van der Waals surface area contributed by atoms with Crippen LogP contribution in [-0.2, 0) is 10.8 Å². The Balaban J connectivity index is 2.85. The Labute approximate surface area is 102 Å². The molecule has 1 rings (SSSR count). The van der Waals surface area contributed by atoms with Gasteiger partial charge in [-0.2, -0.15) is 0 Å². The average molecular weight is 264 g/mol. The van der Waals surface area contributed by atoms with Crippen molar-refractivity contribution in [1.82, 2.24) is 4.57 Å². The molecule has 0 bridgehead atoms. The fourth-order valence-electron chi connectivity index (χ4n) is 1.46. The van der Waals surface area contributed by atoms with Crippen molar-refractivity contribution >= 4 is 28.4 Å². The Kier molecular flexibility index (Phi) is 4.56. The zero-order valence-electron chi connectivity index (χ0n) is 9.14. The molecule has 0 aromatic carbocycles. The number of hydrogen-bond donors (Lipinski definition) is 1. The van der Waals surface area contributed by atoms with Crippen LogP contribution in [0.4, 0.5) is 0 Å². The molecule has 0 spiro atoms. The fraction of sp³-hybridized carbons (Fsp3) is 0.500. The van der Waals surface area contributed by atoms with Crippen molar-refractivity contribution in [3.63, 3.8) is 0 Å². The van der Waals surface area contributed by atoms with Crippen LogP contribution in [0.1, 0.15) is 29.9 Å². The molecule has 0 saturated carbocycles. The second-order valence-corrected chi connectivity index (χ2v) is 5.66. The topological polar surface area (TPSA) is 59.3 Å². The number of aromatic carboxylic acids is 1. The van der Waals surface area contributed by atoms with E-state index in [-0.39, 0.29) is 11.7 Å². The minimum atomic E-state index is -1.00. The smallest absolute Gasteiger partial charge is 0.352 e. The van der Waals surface area contributed by atoms with Gasteiger partial charge in [-0.05, 0) is 19.4 Å². The van der Waals surface area contributed by atoms with Gasteiger partial charge in [-0.15, -0.1) is 0 Å². The molecule has 0 aliphatic carbocycles. The summed E-state index contributed by atoms with van der Waals surface area (Å²) in [6.45, 7) is 1.88. The van der Waals surface area contributed by atoms with Crippen LogP contribution in [0.3, 0.4) is 0 Å². The first-order chi connectivity index (χ1) is 7.41. The lowest BCUT2D eigenvalue weighted by Crippen LogP contribution is -2.13. The van der Waals surface area contributed by atoms with Gasteiger partial charge in [0, 0.05) is 35.0 Å². The van der Waals surface area contributed by atoms with Gasteiger partial charge in [0.1, 0.15) is 5.69 Å². The number of nitrogens with zero attached hydrogens (tertiary/aromatic N) is 1. The third-order valence-corrected chi connectivity index (χ3v) is 3.35. The average Bonchev–Trinajstić information content (AvgIpc) is 2.56. The van der Waals surface area contributed by atoms with Crippen LogP contribution in [0.5, 0.6) is 0 Å². The summed E-state index contributed by atoms with van der Waals surface area (Å²) in [6.07, 6.45) is 3.89. The fourth-order valence-corrected chi connectivity index (χ4v) is 2.34. The van der Waals surface area contributed by atoms with Gasteiger partial charge >= 0.3 is 5.97 Å². The molecule has 0 saturated heterocycles. The van der Waals surface area contributed by atoms with E-state index in [1.54, 1.807) is 17.0 Å². The van der Waals surface area contributed by atoms with E-state index in [1.807, 2.05) is 6.92 Å². The summed E-state index contributed by atoms with van der Waals surface area (Å²) < 4.78 is 12.6. The SMILES string of the molecule is CC(CCS(C)=O)n1cc(Cl)cc1C(=O)O. The van der Waals surface area contributed by atoms with Crippen LogP contribution >= 0.6 is 11.6 Å². The summed E-state index contributed by atoms with van der Waals surface area (Å²) in [6, 6.07) is 1.39. The van der Waals surface area contributed by atoms with Gasteiger partial charge in [0.15, 0.2) is 0 Å². The highest BCUT2D eigenvalue weighted by atomic mass is 35.5. The predicted octanol–water partition coefficient (Wildman–Crippen LogP) is 2.17. The molecule has 0 amide bonds. The lowest BCUT2D eigenvalue weighted by Gasteiger charge is -2.14. The number of aromatic nitrogens is 1. The largest absolute Gasteiger partial charge is 0.477 e. The first-order valence-corrected chi connectivity index (χ1v) is 6.93. The van der Waals surface area contributed by atoms with Gasteiger partial charge in [0.05, 0.1) is 5.02 Å². The maximum atomic E-state index is 11.0. The van der Waals surface area contributed by atoms with Crippen molar-refractivity contribution in [3.8, 4) is 0 Å². The molecular formula is C10H14ClNO3S. The van der Waals surface area contributed by atoms with E-state index < -0.39 is 16.8 Å². The van der Waals surface area contributed by atoms with Crippen molar-refractivity contribution in [2.45, 2.75) is 19.4 Å². The van der Waals surface area contributed by atoms with Crippen molar-refractivity contribution in [2.75, 3.05) is 12.0 Å². The summed E-state index contributed by atoms with van der Waals surface area (Å²) >= 11 is 5.77. The van der Waals surface area contributed by atoms with Gasteiger partial charge in [-0.25, -0.2) is 4.79 Å². The zero-order chi connectivity index (χ0) is 12.3. The molecule has 4 nitrogen and oxygen atoms in total. The number of hydrogen-bond acceptors (Lipinski definition) is 2. The molecule has 0 aliphatic rings. The summed E-state index contributed by atoms with van der Waals surface area (Å²) in [5.41, 5.74) is 0.166. The summed E-state index contributed by atoms with van der Waals surface area (Å²) in [5.74, 6) is -0.452. The lowest BCUT2D eigenvalue weighted by atomic mass is 10.2. The highest BCUT2D eigenvalue weighted by molar-refractivity contribution is 7.84. The molecule has 0 radical (unpaired) electrons. The van der Waals surface area contributed by atoms with Crippen LogP contribution in [0.15, 0.2) is 12.3 Å². The van der Waals surface area contributed by atoms with Crippen molar-refractivity contribution in [1.29, 1.82) is 0 Å². The van der Waals surface area contributed by atoms with Crippen LogP contribution < -0.4 is 0 Å².